The molecule has 0 spiro atoms. The molecule has 0 aliphatic heterocycles. The van der Waals surface area contributed by atoms with Crippen LogP contribution in [0.2, 0.25) is 0 Å². The maximum Gasteiger partial charge on any atom is 0.442 e. The van der Waals surface area contributed by atoms with E-state index >= 15 is 0 Å². The first-order valence-corrected chi connectivity index (χ1v) is 4.33. The van der Waals surface area contributed by atoms with Crippen molar-refractivity contribution in [1.29, 1.82) is 0 Å². The van der Waals surface area contributed by atoms with Gasteiger partial charge in [0.2, 0.25) is 0 Å². The molecule has 0 aromatic rings. The van der Waals surface area contributed by atoms with Crippen molar-refractivity contribution in [2.45, 2.75) is 17.1 Å². The van der Waals surface area contributed by atoms with Gasteiger partial charge in [0.25, 0.3) is 0 Å². The number of rotatable bonds is 4. The van der Waals surface area contributed by atoms with Crippen LogP contribution in [-0.4, -0.2) is 32.2 Å². The molecule has 0 N–H and O–H groups in total. The molecule has 0 aromatic heterocycles. The van der Waals surface area contributed by atoms with Crippen LogP contribution in [0.15, 0.2) is 0 Å². The molecule has 0 fully saturated rings. The van der Waals surface area contributed by atoms with Gasteiger partial charge in [-0.15, -0.1) is 0 Å². The molecule has 0 bridgehead atoms. The molecule has 0 unspecified atom stereocenters. The molecular formula is C4H2F8O2S. The molecule has 92 valence electrons. The predicted octanol–water partition coefficient (Wildman–Crippen LogP) is 2.12. The summed E-state index contributed by atoms with van der Waals surface area (Å²) < 4.78 is 114. The van der Waals surface area contributed by atoms with Gasteiger partial charge in [-0.25, -0.2) is 4.39 Å². The lowest BCUT2D eigenvalue weighted by atomic mass is 10.2. The van der Waals surface area contributed by atoms with Gasteiger partial charge in [-0.05, 0) is 0 Å². The SMILES string of the molecule is O=S(=O)(F)C(F)(F)C(F)(F)C(F)(F)CF. The van der Waals surface area contributed by atoms with E-state index in [0.717, 1.165) is 0 Å². The summed E-state index contributed by atoms with van der Waals surface area (Å²) in [6, 6.07) is 0. The van der Waals surface area contributed by atoms with E-state index in [-0.39, 0.29) is 0 Å². The molecule has 0 heterocycles. The average molecular weight is 266 g/mol. The summed E-state index contributed by atoms with van der Waals surface area (Å²) in [5.74, 6) is -12.7. The van der Waals surface area contributed by atoms with Crippen LogP contribution in [0.5, 0.6) is 0 Å². The third-order valence-electron chi connectivity index (χ3n) is 1.30. The molecule has 0 saturated heterocycles. The van der Waals surface area contributed by atoms with Crippen molar-refractivity contribution in [2.24, 2.45) is 0 Å². The quantitative estimate of drug-likeness (QED) is 0.577. The van der Waals surface area contributed by atoms with Crippen LogP contribution in [0.4, 0.5) is 34.6 Å². The van der Waals surface area contributed by atoms with Crippen molar-refractivity contribution in [1.82, 2.24) is 0 Å². The molecule has 0 aliphatic rings. The standard InChI is InChI=1S/C4H2F8O2S/c5-1-2(6,7)3(8,9)4(10,11)15(12,13)14/h1H2. The van der Waals surface area contributed by atoms with E-state index in [1.807, 2.05) is 0 Å². The Bertz CT molecular complexity index is 333. The van der Waals surface area contributed by atoms with Crippen LogP contribution in [0, 0.1) is 0 Å². The van der Waals surface area contributed by atoms with Crippen molar-refractivity contribution >= 4 is 10.2 Å². The summed E-state index contributed by atoms with van der Waals surface area (Å²) in [7, 11) is -7.28. The van der Waals surface area contributed by atoms with Gasteiger partial charge in [-0.2, -0.15) is 34.8 Å². The molecule has 15 heavy (non-hydrogen) atoms. The summed E-state index contributed by atoms with van der Waals surface area (Å²) in [6.07, 6.45) is 0. The van der Waals surface area contributed by atoms with E-state index < -0.39 is 34.0 Å². The Kier molecular flexibility index (Phi) is 3.31. The van der Waals surface area contributed by atoms with E-state index in [4.69, 9.17) is 0 Å². The predicted molar refractivity (Wildman–Crippen MR) is 30.8 cm³/mol. The van der Waals surface area contributed by atoms with Gasteiger partial charge < -0.3 is 0 Å². The van der Waals surface area contributed by atoms with Gasteiger partial charge >= 0.3 is 27.3 Å². The van der Waals surface area contributed by atoms with Crippen LogP contribution in [-0.2, 0) is 10.2 Å². The topological polar surface area (TPSA) is 34.1 Å². The first-order chi connectivity index (χ1) is 6.31. The Morgan fingerprint density at radius 2 is 1.27 bits per heavy atom. The van der Waals surface area contributed by atoms with Crippen molar-refractivity contribution in [3.63, 3.8) is 0 Å². The minimum atomic E-state index is -7.28. The molecule has 0 amide bonds. The van der Waals surface area contributed by atoms with Gasteiger partial charge in [0.1, 0.15) is 0 Å². The molecule has 2 nitrogen and oxygen atoms in total. The smallest absolute Gasteiger partial charge is 0.244 e. The minimum Gasteiger partial charge on any atom is -0.244 e. The Hall–Kier alpha value is -0.610. The largest absolute Gasteiger partial charge is 0.442 e. The van der Waals surface area contributed by atoms with Gasteiger partial charge in [-0.1, -0.05) is 3.89 Å². The highest BCUT2D eigenvalue weighted by atomic mass is 32.3. The lowest BCUT2D eigenvalue weighted by molar-refractivity contribution is -0.283. The van der Waals surface area contributed by atoms with E-state index in [0.29, 0.717) is 0 Å². The maximum absolute atomic E-state index is 12.1. The average Bonchev–Trinajstić information content (AvgIpc) is 2.01. The normalized spacial score (nSPS) is 15.5. The molecule has 0 rings (SSSR count). The van der Waals surface area contributed by atoms with Crippen LogP contribution in [0.1, 0.15) is 0 Å². The number of alkyl halides is 7. The van der Waals surface area contributed by atoms with E-state index in [9.17, 15) is 43.0 Å². The highest BCUT2D eigenvalue weighted by Crippen LogP contribution is 2.48. The second-order valence-corrected chi connectivity index (χ2v) is 3.76. The summed E-state index contributed by atoms with van der Waals surface area (Å²) in [5.41, 5.74) is 0. The lowest BCUT2D eigenvalue weighted by Crippen LogP contribution is -2.57. The zero-order valence-electron chi connectivity index (χ0n) is 6.46. The molecule has 0 aromatic carbocycles. The monoisotopic (exact) mass is 266 g/mol. The van der Waals surface area contributed by atoms with Crippen LogP contribution in [0.3, 0.4) is 0 Å². The Balaban J connectivity index is 5.59. The fourth-order valence-electron chi connectivity index (χ4n) is 0.450. The van der Waals surface area contributed by atoms with E-state index in [1.54, 1.807) is 0 Å². The van der Waals surface area contributed by atoms with Crippen LogP contribution in [0.25, 0.3) is 0 Å². The van der Waals surface area contributed by atoms with Gasteiger partial charge in [0, 0.05) is 0 Å². The molecular weight excluding hydrogens is 264 g/mol. The third kappa shape index (κ3) is 2.01. The summed E-state index contributed by atoms with van der Waals surface area (Å²) >= 11 is 0. The Morgan fingerprint density at radius 1 is 0.933 bits per heavy atom. The Labute approximate surface area is 78.1 Å². The molecule has 11 heteroatoms. The van der Waals surface area contributed by atoms with Crippen molar-refractivity contribution < 1.29 is 43.0 Å². The van der Waals surface area contributed by atoms with Crippen LogP contribution >= 0.6 is 0 Å². The van der Waals surface area contributed by atoms with E-state index in [1.165, 1.54) is 0 Å². The highest BCUT2D eigenvalue weighted by molar-refractivity contribution is 7.87. The van der Waals surface area contributed by atoms with Gasteiger partial charge in [0.05, 0.1) is 0 Å². The first-order valence-electron chi connectivity index (χ1n) is 2.95. The summed E-state index contributed by atoms with van der Waals surface area (Å²) in [5, 5.41) is -6.70. The highest BCUT2D eigenvalue weighted by Gasteiger charge is 2.78. The summed E-state index contributed by atoms with van der Waals surface area (Å²) in [4.78, 5) is 0. The maximum atomic E-state index is 12.1. The summed E-state index contributed by atoms with van der Waals surface area (Å²) in [6.45, 7) is -3.26. The fourth-order valence-corrected chi connectivity index (χ4v) is 0.905. The van der Waals surface area contributed by atoms with Crippen LogP contribution < -0.4 is 0 Å². The number of hydrogen-bond acceptors (Lipinski definition) is 2. The third-order valence-corrected chi connectivity index (χ3v) is 2.17. The molecule has 0 saturated carbocycles. The molecule has 0 atom stereocenters. The van der Waals surface area contributed by atoms with E-state index in [2.05, 4.69) is 0 Å². The Morgan fingerprint density at radius 3 is 1.47 bits per heavy atom. The zero-order valence-corrected chi connectivity index (χ0v) is 7.27. The zero-order chi connectivity index (χ0) is 12.7. The number of halogens is 8. The van der Waals surface area contributed by atoms with Crippen molar-refractivity contribution in [3.8, 4) is 0 Å². The van der Waals surface area contributed by atoms with Gasteiger partial charge in [0.15, 0.2) is 6.67 Å². The second-order valence-electron chi connectivity index (χ2n) is 2.37. The number of hydrogen-bond donors (Lipinski definition) is 0. The van der Waals surface area contributed by atoms with Gasteiger partial charge in [-0.3, -0.25) is 0 Å². The van der Waals surface area contributed by atoms with Crippen molar-refractivity contribution in [3.05, 3.63) is 0 Å². The lowest BCUT2D eigenvalue weighted by Gasteiger charge is -2.28. The molecule has 0 radical (unpaired) electrons. The fraction of sp³-hybridized carbons (Fsp3) is 1.00. The molecule has 0 aliphatic carbocycles. The second kappa shape index (κ2) is 3.46. The minimum absolute atomic E-state index is 3.26. The first kappa shape index (κ1) is 14.4. The van der Waals surface area contributed by atoms with Crippen molar-refractivity contribution in [2.75, 3.05) is 6.67 Å².